The van der Waals surface area contributed by atoms with Crippen molar-refractivity contribution >= 4 is 23.9 Å². The summed E-state index contributed by atoms with van der Waals surface area (Å²) in [5.74, 6) is 0.317. The van der Waals surface area contributed by atoms with Gasteiger partial charge < -0.3 is 38.4 Å². The molecule has 0 atom stereocenters. The van der Waals surface area contributed by atoms with Crippen molar-refractivity contribution in [2.75, 3.05) is 0 Å². The molecule has 4 aliphatic rings. The number of hydrogen-bond donors (Lipinski definition) is 3. The third-order valence-corrected chi connectivity index (χ3v) is 12.5. The summed E-state index contributed by atoms with van der Waals surface area (Å²) in [4.78, 5) is 44.0. The molecule has 3 aromatic heterocycles. The zero-order chi connectivity index (χ0) is 48.6. The average Bonchev–Trinajstić information content (AvgIpc) is 4.25. The van der Waals surface area contributed by atoms with Crippen molar-refractivity contribution in [2.45, 2.75) is 123 Å². The molecule has 0 saturated heterocycles. The predicted molar refractivity (Wildman–Crippen MR) is 254 cm³/mol. The van der Waals surface area contributed by atoms with Crippen molar-refractivity contribution in [2.24, 2.45) is 23.7 Å². The molecular formula is C54H63Fe2N3O12. The predicted octanol–water partition coefficient (Wildman–Crippen LogP) is 11.5. The summed E-state index contributed by atoms with van der Waals surface area (Å²) in [6.45, 7) is 0.212. The zero-order valence-corrected chi connectivity index (χ0v) is 41.9. The van der Waals surface area contributed by atoms with E-state index < -0.39 is 11.9 Å². The normalized spacial score (nSPS) is 15.4. The zero-order valence-electron chi connectivity index (χ0n) is 39.7. The van der Waals surface area contributed by atoms with Crippen LogP contribution < -0.4 is 0 Å². The molecule has 3 N–H and O–H groups in total. The fourth-order valence-corrected chi connectivity index (χ4v) is 8.57. The Hall–Kier alpha value is -5.83. The van der Waals surface area contributed by atoms with Crippen LogP contribution in [0, 0.1) is 23.7 Å². The fourth-order valence-electron chi connectivity index (χ4n) is 8.57. The first-order chi connectivity index (χ1) is 33.7. The number of carbonyl (C=O) groups excluding carboxylic acids is 2. The van der Waals surface area contributed by atoms with Crippen LogP contribution in [0.1, 0.15) is 120 Å². The SMILES string of the molecule is O=C(O)C1CCCC1.O=C(O)C1CCCC1.O=C(OCc1cc(-c2ccccc2)no1)C1CCCC1.O=C(OCc1cc(-c2ccccc2)no1)C1CCCC1.OCc1cc(-c2ccccc2)no1.[Fe].[Fe]. The molecule has 6 aromatic rings. The van der Waals surface area contributed by atoms with Crippen LogP contribution in [-0.4, -0.2) is 54.7 Å². The summed E-state index contributed by atoms with van der Waals surface area (Å²) in [6, 6.07) is 34.6. The molecule has 4 saturated carbocycles. The smallest absolute Gasteiger partial charge is 0.309 e. The van der Waals surface area contributed by atoms with Crippen LogP contribution in [0.2, 0.25) is 0 Å². The number of nitrogens with zero attached hydrogens (tertiary/aromatic N) is 3. The van der Waals surface area contributed by atoms with E-state index in [4.69, 9.17) is 38.4 Å². The molecule has 0 aliphatic heterocycles. The molecule has 10 rings (SSSR count). The number of rotatable bonds is 12. The van der Waals surface area contributed by atoms with Gasteiger partial charge in [-0.15, -0.1) is 0 Å². The van der Waals surface area contributed by atoms with Gasteiger partial charge in [0, 0.05) is 69.0 Å². The van der Waals surface area contributed by atoms with E-state index in [2.05, 4.69) is 15.5 Å². The molecule has 4 aliphatic carbocycles. The molecule has 382 valence electrons. The van der Waals surface area contributed by atoms with Gasteiger partial charge in [0.2, 0.25) is 0 Å². The number of carboxylic acids is 2. The maximum atomic E-state index is 11.8. The van der Waals surface area contributed by atoms with Gasteiger partial charge in [-0.1, -0.05) is 158 Å². The summed E-state index contributed by atoms with van der Waals surface area (Å²) in [6.07, 6.45) is 16.3. The molecule has 15 nitrogen and oxygen atoms in total. The van der Waals surface area contributed by atoms with Gasteiger partial charge in [0.15, 0.2) is 30.5 Å². The van der Waals surface area contributed by atoms with E-state index in [0.29, 0.717) is 17.3 Å². The summed E-state index contributed by atoms with van der Waals surface area (Å²) in [7, 11) is 0. The van der Waals surface area contributed by atoms with E-state index in [-0.39, 0.29) is 89.6 Å². The van der Waals surface area contributed by atoms with Gasteiger partial charge in [-0.2, -0.15) is 0 Å². The minimum absolute atomic E-state index is 0. The maximum Gasteiger partial charge on any atom is 0.309 e. The number of ether oxygens (including phenoxy) is 2. The van der Waals surface area contributed by atoms with Gasteiger partial charge >= 0.3 is 23.9 Å². The molecule has 0 amide bonds. The number of carboxylic acid groups (broad SMARTS) is 2. The van der Waals surface area contributed by atoms with Gasteiger partial charge in [-0.25, -0.2) is 0 Å². The van der Waals surface area contributed by atoms with Gasteiger partial charge in [0.25, 0.3) is 0 Å². The first-order valence-electron chi connectivity index (χ1n) is 24.1. The standard InChI is InChI=1S/2C16H17NO3.C10H9NO2.2C6H10O2.2Fe/c2*18-16(13-8-4-5-9-13)19-11-14-10-15(17-20-14)12-6-2-1-3-7-12;12-7-9-6-10(11-13-9)8-4-2-1-3-5-8;2*7-6(8)5-3-1-2-4-5;;/h2*1-3,6-7,10,13H,4-5,8-9,11H2;1-6,12H,7H2;2*5H,1-4H2,(H,7,8);;. The Labute approximate surface area is 435 Å². The van der Waals surface area contributed by atoms with Gasteiger partial charge in [-0.05, 0) is 51.4 Å². The number of aliphatic carboxylic acids is 2. The van der Waals surface area contributed by atoms with Crippen molar-refractivity contribution in [1.82, 2.24) is 15.5 Å². The van der Waals surface area contributed by atoms with Gasteiger partial charge in [-0.3, -0.25) is 19.2 Å². The van der Waals surface area contributed by atoms with Crippen molar-refractivity contribution in [3.05, 3.63) is 126 Å². The Balaban J connectivity index is 0.000000201. The summed E-state index contributed by atoms with van der Waals surface area (Å²) >= 11 is 0. The third-order valence-electron chi connectivity index (χ3n) is 12.5. The second-order valence-electron chi connectivity index (χ2n) is 17.6. The Kier molecular flexibility index (Phi) is 25.6. The number of aromatic nitrogens is 3. The fraction of sp³-hybridized carbons (Fsp3) is 0.426. The van der Waals surface area contributed by atoms with Crippen LogP contribution >= 0.6 is 0 Å². The van der Waals surface area contributed by atoms with Crippen LogP contribution in [0.15, 0.2) is 123 Å². The number of esters is 2. The number of benzene rings is 3. The average molecular weight is 1060 g/mol. The second kappa shape index (κ2) is 31.5. The van der Waals surface area contributed by atoms with E-state index in [9.17, 15) is 19.2 Å². The van der Waals surface area contributed by atoms with E-state index in [1.807, 2.05) is 103 Å². The molecule has 0 bridgehead atoms. The summed E-state index contributed by atoms with van der Waals surface area (Å²) < 4.78 is 25.9. The van der Waals surface area contributed by atoms with Crippen molar-refractivity contribution in [3.8, 4) is 33.8 Å². The Morgan fingerprint density at radius 3 is 0.958 bits per heavy atom. The third kappa shape index (κ3) is 19.4. The topological polar surface area (TPSA) is 226 Å². The van der Waals surface area contributed by atoms with E-state index in [1.165, 1.54) is 0 Å². The molecule has 17 heteroatoms. The first-order valence-corrected chi connectivity index (χ1v) is 24.1. The number of carbonyl (C=O) groups is 4. The molecule has 71 heavy (non-hydrogen) atoms. The quantitative estimate of drug-likeness (QED) is 0.0765. The molecule has 0 unspecified atom stereocenters. The Morgan fingerprint density at radius 2 is 0.704 bits per heavy atom. The Bertz CT molecular complexity index is 2310. The molecular weight excluding hydrogens is 994 g/mol. The van der Waals surface area contributed by atoms with Crippen LogP contribution in [0.3, 0.4) is 0 Å². The molecule has 0 radical (unpaired) electrons. The van der Waals surface area contributed by atoms with Crippen LogP contribution in [-0.2, 0) is 82.6 Å². The van der Waals surface area contributed by atoms with E-state index >= 15 is 0 Å². The van der Waals surface area contributed by atoms with Crippen LogP contribution in [0.25, 0.3) is 33.8 Å². The minimum atomic E-state index is -0.609. The molecule has 4 fully saturated rings. The minimum Gasteiger partial charge on any atom is -0.481 e. The summed E-state index contributed by atoms with van der Waals surface area (Å²) in [5.41, 5.74) is 5.25. The molecule has 0 spiro atoms. The Morgan fingerprint density at radius 1 is 0.437 bits per heavy atom. The molecule has 3 aromatic carbocycles. The van der Waals surface area contributed by atoms with E-state index in [0.717, 1.165) is 137 Å². The van der Waals surface area contributed by atoms with E-state index in [1.54, 1.807) is 6.07 Å². The number of aliphatic hydroxyl groups excluding tert-OH is 1. The second-order valence-corrected chi connectivity index (χ2v) is 17.6. The van der Waals surface area contributed by atoms with Crippen molar-refractivity contribution in [1.29, 1.82) is 0 Å². The first kappa shape index (κ1) is 57.7. The maximum absolute atomic E-state index is 11.8. The monoisotopic (exact) mass is 1060 g/mol. The largest absolute Gasteiger partial charge is 0.481 e. The van der Waals surface area contributed by atoms with Crippen LogP contribution in [0.5, 0.6) is 0 Å². The van der Waals surface area contributed by atoms with Crippen molar-refractivity contribution in [3.63, 3.8) is 0 Å². The van der Waals surface area contributed by atoms with Crippen molar-refractivity contribution < 1.29 is 91.7 Å². The number of aliphatic hydroxyl groups is 1. The number of hydrogen-bond acceptors (Lipinski definition) is 13. The van der Waals surface area contributed by atoms with Gasteiger partial charge in [0.05, 0.1) is 23.7 Å². The molecule has 3 heterocycles. The summed E-state index contributed by atoms with van der Waals surface area (Å²) in [5, 5.41) is 37.4. The van der Waals surface area contributed by atoms with Gasteiger partial charge in [0.1, 0.15) is 23.7 Å². The van der Waals surface area contributed by atoms with Crippen LogP contribution in [0.4, 0.5) is 0 Å².